The topological polar surface area (TPSA) is 85.7 Å². The molecule has 1 aliphatic carbocycles. The first-order valence-electron chi connectivity index (χ1n) is 8.38. The zero-order valence-corrected chi connectivity index (χ0v) is 13.7. The molecule has 7 heteroatoms. The fourth-order valence-electron chi connectivity index (χ4n) is 3.22. The highest BCUT2D eigenvalue weighted by molar-refractivity contribution is 5.73. The first-order chi connectivity index (χ1) is 12.3. The monoisotopic (exact) mass is 337 g/mol. The minimum Gasteiger partial charge on any atom is -0.455 e. The van der Waals surface area contributed by atoms with Crippen LogP contribution in [-0.4, -0.2) is 30.9 Å². The lowest BCUT2D eigenvalue weighted by atomic mass is 9.88. The van der Waals surface area contributed by atoms with Crippen molar-refractivity contribution in [1.29, 1.82) is 0 Å². The maximum atomic E-state index is 12.7. The molecule has 2 heterocycles. The van der Waals surface area contributed by atoms with E-state index in [9.17, 15) is 4.79 Å². The van der Waals surface area contributed by atoms with Gasteiger partial charge in [-0.3, -0.25) is 9.89 Å². The van der Waals surface area contributed by atoms with E-state index in [4.69, 9.17) is 4.74 Å². The van der Waals surface area contributed by atoms with E-state index in [1.54, 1.807) is 11.0 Å². The Morgan fingerprint density at radius 2 is 2.24 bits per heavy atom. The third kappa shape index (κ3) is 3.45. The molecule has 0 fully saturated rings. The molecule has 1 N–H and O–H groups in total. The van der Waals surface area contributed by atoms with Gasteiger partial charge in [0.2, 0.25) is 0 Å². The molecule has 1 aliphatic rings. The van der Waals surface area contributed by atoms with Crippen molar-refractivity contribution < 1.29 is 9.53 Å². The number of fused-ring (bicyclic) bond motifs is 1. The number of H-pyrrole nitrogens is 1. The summed E-state index contributed by atoms with van der Waals surface area (Å²) in [5.74, 6) is -0.316. The Morgan fingerprint density at radius 3 is 3.04 bits per heavy atom. The summed E-state index contributed by atoms with van der Waals surface area (Å²) < 4.78 is 7.56. The van der Waals surface area contributed by atoms with Gasteiger partial charge < -0.3 is 4.74 Å². The molecule has 0 aliphatic heterocycles. The molecule has 4 rings (SSSR count). The van der Waals surface area contributed by atoms with Gasteiger partial charge in [-0.1, -0.05) is 30.3 Å². The van der Waals surface area contributed by atoms with Crippen LogP contribution in [0.3, 0.4) is 0 Å². The summed E-state index contributed by atoms with van der Waals surface area (Å²) in [4.78, 5) is 16.7. The van der Waals surface area contributed by atoms with Crippen molar-refractivity contribution >= 4 is 5.97 Å². The quantitative estimate of drug-likeness (QED) is 0.721. The van der Waals surface area contributed by atoms with Crippen LogP contribution in [0.25, 0.3) is 0 Å². The highest BCUT2D eigenvalue weighted by Crippen LogP contribution is 2.27. The van der Waals surface area contributed by atoms with Crippen molar-refractivity contribution in [2.45, 2.75) is 31.9 Å². The van der Waals surface area contributed by atoms with Crippen molar-refractivity contribution in [3.63, 3.8) is 0 Å². The number of benzene rings is 1. The van der Waals surface area contributed by atoms with Gasteiger partial charge in [-0.05, 0) is 24.0 Å². The van der Waals surface area contributed by atoms with Crippen LogP contribution in [0.5, 0.6) is 0 Å². The highest BCUT2D eigenvalue weighted by Gasteiger charge is 2.29. The first kappa shape index (κ1) is 15.6. The molecule has 0 bridgehead atoms. The average molecular weight is 337 g/mol. The predicted molar refractivity (Wildman–Crippen MR) is 89.4 cm³/mol. The fraction of sp³-hybridized carbons (Fsp3) is 0.333. The number of aromatic amines is 1. The number of aryl methyl sites for hydroxylation is 1. The number of esters is 1. The molecule has 7 nitrogen and oxygen atoms in total. The largest absolute Gasteiger partial charge is 0.455 e. The van der Waals surface area contributed by atoms with Crippen LogP contribution < -0.4 is 0 Å². The van der Waals surface area contributed by atoms with Crippen LogP contribution in [0.4, 0.5) is 0 Å². The van der Waals surface area contributed by atoms with Crippen molar-refractivity contribution in [1.82, 2.24) is 25.0 Å². The lowest BCUT2D eigenvalue weighted by molar-refractivity contribution is -0.155. The van der Waals surface area contributed by atoms with Crippen molar-refractivity contribution in [2.75, 3.05) is 0 Å². The van der Waals surface area contributed by atoms with Crippen LogP contribution in [0.2, 0.25) is 0 Å². The number of aromatic nitrogens is 5. The van der Waals surface area contributed by atoms with Crippen LogP contribution in [0.1, 0.15) is 29.3 Å². The second kappa shape index (κ2) is 6.88. The molecule has 2 aromatic heterocycles. The number of nitrogens with one attached hydrogen (secondary N) is 1. The number of carbonyl (C=O) groups is 1. The molecule has 0 radical (unpaired) electrons. The van der Waals surface area contributed by atoms with Gasteiger partial charge in [-0.2, -0.15) is 10.2 Å². The van der Waals surface area contributed by atoms with Gasteiger partial charge in [-0.15, -0.1) is 0 Å². The van der Waals surface area contributed by atoms with Crippen LogP contribution in [-0.2, 0) is 28.9 Å². The molecule has 1 aromatic carbocycles. The summed E-state index contributed by atoms with van der Waals surface area (Å²) in [6.45, 7) is 0.442. The Morgan fingerprint density at radius 1 is 1.36 bits per heavy atom. The van der Waals surface area contributed by atoms with E-state index in [0.717, 1.165) is 24.1 Å². The standard InChI is InChI=1S/C18H19N5O2/c24-18(14-6-7-15-9-20-22-16(15)8-14)25-17(10-23-12-19-11-21-23)13-4-2-1-3-5-13/h1-5,9,11-12,14,17H,6-8,10H2,(H,20,22)/t14-,17+/m1/s1. The molecule has 0 spiro atoms. The normalized spacial score (nSPS) is 17.7. The van der Waals surface area contributed by atoms with Crippen molar-refractivity contribution in [3.05, 3.63) is 66.0 Å². The summed E-state index contributed by atoms with van der Waals surface area (Å²) in [5, 5.41) is 11.2. The summed E-state index contributed by atoms with van der Waals surface area (Å²) in [6, 6.07) is 9.74. The molecule has 0 saturated heterocycles. The van der Waals surface area contributed by atoms with Gasteiger partial charge in [0.1, 0.15) is 18.8 Å². The van der Waals surface area contributed by atoms with E-state index in [1.165, 1.54) is 11.9 Å². The number of nitrogens with zero attached hydrogens (tertiary/aromatic N) is 4. The van der Waals surface area contributed by atoms with Gasteiger partial charge in [0.05, 0.1) is 18.7 Å². The van der Waals surface area contributed by atoms with Crippen LogP contribution in [0.15, 0.2) is 49.2 Å². The second-order valence-electron chi connectivity index (χ2n) is 6.27. The summed E-state index contributed by atoms with van der Waals surface area (Å²) in [6.07, 6.45) is 6.85. The maximum Gasteiger partial charge on any atom is 0.310 e. The number of ether oxygens (including phenoxy) is 1. The Bertz CT molecular complexity index is 828. The number of hydrogen-bond donors (Lipinski definition) is 1. The number of hydrogen-bond acceptors (Lipinski definition) is 5. The van der Waals surface area contributed by atoms with E-state index < -0.39 is 6.10 Å². The van der Waals surface area contributed by atoms with Gasteiger partial charge in [-0.25, -0.2) is 9.67 Å². The Labute approximate surface area is 145 Å². The van der Waals surface area contributed by atoms with Gasteiger partial charge >= 0.3 is 5.97 Å². The summed E-state index contributed by atoms with van der Waals surface area (Å²) in [5.41, 5.74) is 3.19. The van der Waals surface area contributed by atoms with Gasteiger partial charge in [0, 0.05) is 12.1 Å². The van der Waals surface area contributed by atoms with E-state index in [2.05, 4.69) is 20.3 Å². The summed E-state index contributed by atoms with van der Waals surface area (Å²) in [7, 11) is 0. The Kier molecular flexibility index (Phi) is 4.28. The van der Waals surface area contributed by atoms with Gasteiger partial charge in [0.25, 0.3) is 0 Å². The zero-order chi connectivity index (χ0) is 17.1. The molecular formula is C18H19N5O2. The number of carbonyl (C=O) groups excluding carboxylic acids is 1. The average Bonchev–Trinajstić information content (AvgIpc) is 3.32. The third-order valence-electron chi connectivity index (χ3n) is 4.60. The molecule has 0 amide bonds. The second-order valence-corrected chi connectivity index (χ2v) is 6.27. The molecule has 25 heavy (non-hydrogen) atoms. The van der Waals surface area contributed by atoms with Crippen LogP contribution in [0, 0.1) is 5.92 Å². The lowest BCUT2D eigenvalue weighted by Gasteiger charge is -2.24. The first-order valence-corrected chi connectivity index (χ1v) is 8.38. The van der Waals surface area contributed by atoms with E-state index >= 15 is 0 Å². The van der Waals surface area contributed by atoms with E-state index in [0.29, 0.717) is 13.0 Å². The van der Waals surface area contributed by atoms with Crippen molar-refractivity contribution in [3.8, 4) is 0 Å². The molecule has 3 aromatic rings. The molecule has 128 valence electrons. The zero-order valence-electron chi connectivity index (χ0n) is 13.7. The van der Waals surface area contributed by atoms with E-state index in [1.807, 2.05) is 36.5 Å². The maximum absolute atomic E-state index is 12.7. The third-order valence-corrected chi connectivity index (χ3v) is 4.60. The molecular weight excluding hydrogens is 318 g/mol. The fourth-order valence-corrected chi connectivity index (χ4v) is 3.22. The Balaban J connectivity index is 1.49. The molecule has 0 unspecified atom stereocenters. The van der Waals surface area contributed by atoms with E-state index in [-0.39, 0.29) is 11.9 Å². The highest BCUT2D eigenvalue weighted by atomic mass is 16.5. The van der Waals surface area contributed by atoms with Gasteiger partial charge in [0.15, 0.2) is 0 Å². The minimum atomic E-state index is -0.390. The summed E-state index contributed by atoms with van der Waals surface area (Å²) >= 11 is 0. The lowest BCUT2D eigenvalue weighted by Crippen LogP contribution is -2.27. The van der Waals surface area contributed by atoms with Crippen LogP contribution >= 0.6 is 0 Å². The van der Waals surface area contributed by atoms with Crippen molar-refractivity contribution in [2.24, 2.45) is 5.92 Å². The molecule has 0 saturated carbocycles. The number of rotatable bonds is 5. The predicted octanol–water partition coefficient (Wildman–Crippen LogP) is 2.09. The molecule has 2 atom stereocenters. The SMILES string of the molecule is O=C(O[C@@H](Cn1cncn1)c1ccccc1)[C@@H]1CCc2cn[nH]c2C1. The smallest absolute Gasteiger partial charge is 0.310 e. The minimum absolute atomic E-state index is 0.144. The Hall–Kier alpha value is -2.96.